The van der Waals surface area contributed by atoms with E-state index >= 15 is 0 Å². The van der Waals surface area contributed by atoms with Gasteiger partial charge in [0.05, 0.1) is 10.9 Å². The molecule has 3 aromatic heterocycles. The first kappa shape index (κ1) is 17.4. The van der Waals surface area contributed by atoms with Crippen molar-refractivity contribution >= 4 is 22.0 Å². The molecule has 142 valence electrons. The second kappa shape index (κ2) is 6.74. The van der Waals surface area contributed by atoms with Crippen LogP contribution >= 0.6 is 0 Å². The van der Waals surface area contributed by atoms with Crippen LogP contribution in [0.3, 0.4) is 0 Å². The normalized spacial score (nSPS) is 12.5. The molecule has 0 fully saturated rings. The van der Waals surface area contributed by atoms with Crippen LogP contribution in [-0.4, -0.2) is 15.1 Å². The largest absolute Gasteiger partial charge is 0.336 e. The van der Waals surface area contributed by atoms with Crippen molar-refractivity contribution in [2.45, 2.75) is 12.8 Å². The standard InChI is InChI=1S/C23H15F2N3O/c1-13(14-4-5-21-15(7-14)3-2-6-26-21)22-20-10-17(12-27-23(20)29-28-22)16-8-18(24)11-19(25)9-16/h2-13H,1H3/t13-/m0/s1. The van der Waals surface area contributed by atoms with E-state index in [1.165, 1.54) is 18.3 Å². The molecular weight excluding hydrogens is 372 g/mol. The zero-order valence-electron chi connectivity index (χ0n) is 15.4. The number of rotatable bonds is 3. The maximum Gasteiger partial charge on any atom is 0.257 e. The van der Waals surface area contributed by atoms with Crippen LogP contribution in [0.15, 0.2) is 71.5 Å². The molecule has 1 atom stereocenters. The molecule has 0 amide bonds. The Hall–Kier alpha value is -3.67. The number of hydrogen-bond acceptors (Lipinski definition) is 4. The quantitative estimate of drug-likeness (QED) is 0.389. The number of pyridine rings is 2. The third-order valence-electron chi connectivity index (χ3n) is 5.09. The average molecular weight is 387 g/mol. The molecule has 0 radical (unpaired) electrons. The number of fused-ring (bicyclic) bond motifs is 2. The highest BCUT2D eigenvalue weighted by Gasteiger charge is 2.19. The van der Waals surface area contributed by atoms with Crippen LogP contribution in [0.5, 0.6) is 0 Å². The van der Waals surface area contributed by atoms with Gasteiger partial charge < -0.3 is 4.52 Å². The molecule has 5 rings (SSSR count). The van der Waals surface area contributed by atoms with Crippen LogP contribution in [-0.2, 0) is 0 Å². The molecule has 3 heterocycles. The van der Waals surface area contributed by atoms with Gasteiger partial charge in [-0.25, -0.2) is 13.8 Å². The molecule has 0 unspecified atom stereocenters. The van der Waals surface area contributed by atoms with Crippen molar-refractivity contribution in [1.29, 1.82) is 0 Å². The van der Waals surface area contributed by atoms with E-state index in [4.69, 9.17) is 4.52 Å². The zero-order chi connectivity index (χ0) is 20.0. The molecule has 4 nitrogen and oxygen atoms in total. The van der Waals surface area contributed by atoms with E-state index in [9.17, 15) is 8.78 Å². The average Bonchev–Trinajstić information content (AvgIpc) is 3.15. The SMILES string of the molecule is C[C@@H](c1ccc2ncccc2c1)c1noc2ncc(-c3cc(F)cc(F)c3)cc12. The van der Waals surface area contributed by atoms with Crippen molar-refractivity contribution < 1.29 is 13.3 Å². The molecule has 0 saturated carbocycles. The van der Waals surface area contributed by atoms with Crippen LogP contribution < -0.4 is 0 Å². The molecule has 0 aliphatic rings. The summed E-state index contributed by atoms with van der Waals surface area (Å²) in [5.41, 5.74) is 4.08. The Kier molecular flexibility index (Phi) is 4.05. The zero-order valence-corrected chi connectivity index (χ0v) is 15.4. The van der Waals surface area contributed by atoms with Gasteiger partial charge in [0.25, 0.3) is 5.71 Å². The summed E-state index contributed by atoms with van der Waals surface area (Å²) in [6, 6.07) is 15.2. The van der Waals surface area contributed by atoms with Gasteiger partial charge in [-0.05, 0) is 47.5 Å². The lowest BCUT2D eigenvalue weighted by Gasteiger charge is -2.10. The molecule has 6 heteroatoms. The minimum absolute atomic E-state index is 0.0675. The van der Waals surface area contributed by atoms with Gasteiger partial charge in [0, 0.05) is 35.3 Å². The first-order valence-corrected chi connectivity index (χ1v) is 9.15. The third-order valence-corrected chi connectivity index (χ3v) is 5.09. The highest BCUT2D eigenvalue weighted by atomic mass is 19.1. The number of nitrogens with zero attached hydrogens (tertiary/aromatic N) is 3. The summed E-state index contributed by atoms with van der Waals surface area (Å²) in [5, 5.41) is 5.97. The number of halogens is 2. The van der Waals surface area contributed by atoms with Gasteiger partial charge in [0.15, 0.2) is 0 Å². The van der Waals surface area contributed by atoms with Crippen LogP contribution in [0.1, 0.15) is 24.1 Å². The number of aromatic nitrogens is 3. The minimum atomic E-state index is -0.635. The van der Waals surface area contributed by atoms with Crippen molar-refractivity contribution in [3.05, 3.63) is 89.9 Å². The summed E-state index contributed by atoms with van der Waals surface area (Å²) >= 11 is 0. The lowest BCUT2D eigenvalue weighted by molar-refractivity contribution is 0.436. The van der Waals surface area contributed by atoms with Crippen molar-refractivity contribution in [2.75, 3.05) is 0 Å². The molecule has 5 aromatic rings. The Morgan fingerprint density at radius 3 is 2.55 bits per heavy atom. The molecular formula is C23H15F2N3O. The number of benzene rings is 2. The molecule has 0 N–H and O–H groups in total. The predicted octanol–water partition coefficient (Wildman–Crippen LogP) is 5.87. The fourth-order valence-corrected chi connectivity index (χ4v) is 3.56. The second-order valence-electron chi connectivity index (χ2n) is 6.98. The summed E-state index contributed by atoms with van der Waals surface area (Å²) in [7, 11) is 0. The Morgan fingerprint density at radius 1 is 0.897 bits per heavy atom. The van der Waals surface area contributed by atoms with E-state index in [1.54, 1.807) is 6.20 Å². The Labute approximate surface area is 164 Å². The lowest BCUT2D eigenvalue weighted by Crippen LogP contribution is -1.97. The molecule has 0 aliphatic heterocycles. The van der Waals surface area contributed by atoms with E-state index in [1.807, 2.05) is 37.3 Å². The van der Waals surface area contributed by atoms with Crippen LogP contribution in [0.2, 0.25) is 0 Å². The van der Waals surface area contributed by atoms with E-state index in [0.29, 0.717) is 22.2 Å². The highest BCUT2D eigenvalue weighted by Crippen LogP contribution is 2.33. The van der Waals surface area contributed by atoms with E-state index in [0.717, 1.165) is 28.2 Å². The van der Waals surface area contributed by atoms with E-state index in [2.05, 4.69) is 21.2 Å². The van der Waals surface area contributed by atoms with Gasteiger partial charge in [-0.2, -0.15) is 0 Å². The molecule has 0 bridgehead atoms. The Morgan fingerprint density at radius 2 is 1.72 bits per heavy atom. The summed E-state index contributed by atoms with van der Waals surface area (Å²) in [6.45, 7) is 2.03. The minimum Gasteiger partial charge on any atom is -0.336 e. The van der Waals surface area contributed by atoms with Crippen LogP contribution in [0, 0.1) is 11.6 Å². The van der Waals surface area contributed by atoms with E-state index in [-0.39, 0.29) is 5.92 Å². The summed E-state index contributed by atoms with van der Waals surface area (Å²) in [4.78, 5) is 8.63. The van der Waals surface area contributed by atoms with Crippen LogP contribution in [0.25, 0.3) is 33.1 Å². The van der Waals surface area contributed by atoms with Crippen molar-refractivity contribution in [3.8, 4) is 11.1 Å². The van der Waals surface area contributed by atoms with E-state index < -0.39 is 11.6 Å². The van der Waals surface area contributed by atoms with Crippen molar-refractivity contribution in [2.24, 2.45) is 0 Å². The lowest BCUT2D eigenvalue weighted by atomic mass is 9.94. The summed E-state index contributed by atoms with van der Waals surface area (Å²) in [6.07, 6.45) is 3.29. The third kappa shape index (κ3) is 3.12. The van der Waals surface area contributed by atoms with Gasteiger partial charge in [-0.3, -0.25) is 4.98 Å². The predicted molar refractivity (Wildman–Crippen MR) is 106 cm³/mol. The highest BCUT2D eigenvalue weighted by molar-refractivity contribution is 5.83. The van der Waals surface area contributed by atoms with Crippen LogP contribution in [0.4, 0.5) is 8.78 Å². The topological polar surface area (TPSA) is 51.8 Å². The van der Waals surface area contributed by atoms with Gasteiger partial charge in [-0.15, -0.1) is 0 Å². The molecule has 0 spiro atoms. The van der Waals surface area contributed by atoms with Crippen molar-refractivity contribution in [1.82, 2.24) is 15.1 Å². The second-order valence-corrected chi connectivity index (χ2v) is 6.98. The maximum atomic E-state index is 13.6. The summed E-state index contributed by atoms with van der Waals surface area (Å²) in [5.74, 6) is -1.34. The van der Waals surface area contributed by atoms with Gasteiger partial charge in [0.1, 0.15) is 17.3 Å². The van der Waals surface area contributed by atoms with Gasteiger partial charge in [-0.1, -0.05) is 24.2 Å². The van der Waals surface area contributed by atoms with Gasteiger partial charge in [0.2, 0.25) is 0 Å². The Balaban J connectivity index is 1.60. The first-order valence-electron chi connectivity index (χ1n) is 9.15. The fourth-order valence-electron chi connectivity index (χ4n) is 3.56. The van der Waals surface area contributed by atoms with Crippen molar-refractivity contribution in [3.63, 3.8) is 0 Å². The van der Waals surface area contributed by atoms with Gasteiger partial charge >= 0.3 is 0 Å². The molecule has 0 saturated heterocycles. The smallest absolute Gasteiger partial charge is 0.257 e. The molecule has 29 heavy (non-hydrogen) atoms. The molecule has 2 aromatic carbocycles. The maximum absolute atomic E-state index is 13.6. The first-order chi connectivity index (χ1) is 14.1. The molecule has 0 aliphatic carbocycles. The fraction of sp³-hybridized carbons (Fsp3) is 0.0870. The summed E-state index contributed by atoms with van der Waals surface area (Å²) < 4.78 is 32.7. The Bertz CT molecular complexity index is 1340. The monoisotopic (exact) mass is 387 g/mol. The number of hydrogen-bond donors (Lipinski definition) is 0.